The summed E-state index contributed by atoms with van der Waals surface area (Å²) in [5.74, 6) is -1.83. The minimum Gasteiger partial charge on any atom is -0.470 e. The Labute approximate surface area is 341 Å². The van der Waals surface area contributed by atoms with Gasteiger partial charge in [-0.05, 0) is 76.3 Å². The number of alkyl carbamates (subject to hydrolysis) is 1. The molecule has 4 amide bonds. The molecule has 9 rings (SSSR count). The van der Waals surface area contributed by atoms with E-state index in [1.807, 2.05) is 66.7 Å². The lowest BCUT2D eigenvalue weighted by Crippen LogP contribution is -2.58. The molecular formula is C43H48N6O9S. The van der Waals surface area contributed by atoms with E-state index in [-0.39, 0.29) is 31.4 Å². The molecule has 2 aromatic heterocycles. The normalized spacial score (nSPS) is 27.2. The molecule has 15 nitrogen and oxygen atoms in total. The molecule has 2 aliphatic heterocycles. The van der Waals surface area contributed by atoms with E-state index in [0.717, 1.165) is 49.5 Å². The second-order valence-corrected chi connectivity index (χ2v) is 18.5. The van der Waals surface area contributed by atoms with Crippen molar-refractivity contribution < 1.29 is 41.5 Å². The number of benzene rings is 2. The van der Waals surface area contributed by atoms with E-state index >= 15 is 0 Å². The lowest BCUT2D eigenvalue weighted by atomic mass is 10.0. The molecule has 0 spiro atoms. The van der Waals surface area contributed by atoms with Crippen molar-refractivity contribution >= 4 is 55.9 Å². The summed E-state index contributed by atoms with van der Waals surface area (Å²) in [7, 11) is -3.91. The fourth-order valence-electron chi connectivity index (χ4n) is 8.70. The number of carbonyl (C=O) groups excluding carboxylic acids is 4. The number of hydrogen-bond acceptors (Lipinski definition) is 11. The predicted molar refractivity (Wildman–Crippen MR) is 216 cm³/mol. The first-order chi connectivity index (χ1) is 28.6. The van der Waals surface area contributed by atoms with Crippen molar-refractivity contribution in [3.05, 3.63) is 66.7 Å². The molecule has 0 unspecified atom stereocenters. The predicted octanol–water partition coefficient (Wildman–Crippen LogP) is 5.43. The summed E-state index contributed by atoms with van der Waals surface area (Å²) in [6, 6.07) is 14.7. The van der Waals surface area contributed by atoms with Crippen molar-refractivity contribution in [1.29, 1.82) is 0 Å². The van der Waals surface area contributed by atoms with Crippen LogP contribution in [0, 0.1) is 5.92 Å². The zero-order chi connectivity index (χ0) is 40.7. The molecule has 5 atom stereocenters. The van der Waals surface area contributed by atoms with Crippen LogP contribution in [0.2, 0.25) is 0 Å². The average molecular weight is 825 g/mol. The van der Waals surface area contributed by atoms with E-state index in [1.165, 1.54) is 4.90 Å². The van der Waals surface area contributed by atoms with Gasteiger partial charge in [0.25, 0.3) is 11.8 Å². The van der Waals surface area contributed by atoms with Crippen LogP contribution in [0.1, 0.15) is 83.5 Å². The first-order valence-electron chi connectivity index (χ1n) is 20.8. The van der Waals surface area contributed by atoms with Crippen molar-refractivity contribution in [2.24, 2.45) is 5.92 Å². The summed E-state index contributed by atoms with van der Waals surface area (Å²) in [5, 5.41) is 5.85. The van der Waals surface area contributed by atoms with Crippen LogP contribution in [0.3, 0.4) is 0 Å². The molecule has 4 fully saturated rings. The van der Waals surface area contributed by atoms with Crippen LogP contribution in [0.4, 0.5) is 4.79 Å². The molecule has 3 aliphatic carbocycles. The van der Waals surface area contributed by atoms with E-state index in [9.17, 15) is 27.6 Å². The topological polar surface area (TPSA) is 199 Å². The molecule has 59 heavy (non-hydrogen) atoms. The highest BCUT2D eigenvalue weighted by Crippen LogP contribution is 2.46. The number of aromatic nitrogens is 2. The van der Waals surface area contributed by atoms with Gasteiger partial charge in [-0.1, -0.05) is 67.5 Å². The molecule has 2 aromatic carbocycles. The van der Waals surface area contributed by atoms with Crippen molar-refractivity contribution in [3.63, 3.8) is 0 Å². The summed E-state index contributed by atoms with van der Waals surface area (Å²) in [6.45, 7) is -0.0578. The summed E-state index contributed by atoms with van der Waals surface area (Å²) in [4.78, 5) is 67.4. The molecule has 0 bridgehead atoms. The average Bonchev–Trinajstić information content (AvgIpc) is 4.04. The third-order valence-electron chi connectivity index (χ3n) is 12.2. The molecule has 310 valence electrons. The number of sulfonamides is 1. The van der Waals surface area contributed by atoms with E-state index in [0.29, 0.717) is 54.6 Å². The maximum Gasteiger partial charge on any atom is 0.408 e. The first kappa shape index (κ1) is 39.0. The zero-order valence-electron chi connectivity index (χ0n) is 32.6. The third kappa shape index (κ3) is 8.10. The summed E-state index contributed by atoms with van der Waals surface area (Å²) < 4.78 is 46.7. The molecular weight excluding hydrogens is 777 g/mol. The number of nitrogens with one attached hydrogen (secondary N) is 3. The van der Waals surface area contributed by atoms with E-state index in [1.54, 1.807) is 0 Å². The Morgan fingerprint density at radius 1 is 0.898 bits per heavy atom. The van der Waals surface area contributed by atoms with Crippen molar-refractivity contribution in [2.75, 3.05) is 6.54 Å². The van der Waals surface area contributed by atoms with Gasteiger partial charge in [-0.15, -0.1) is 0 Å². The number of para-hydroxylation sites is 1. The highest BCUT2D eigenvalue weighted by Gasteiger charge is 2.62. The van der Waals surface area contributed by atoms with Gasteiger partial charge in [0, 0.05) is 23.3 Å². The molecule has 1 saturated heterocycles. The Morgan fingerprint density at radius 2 is 1.66 bits per heavy atom. The van der Waals surface area contributed by atoms with Crippen LogP contribution >= 0.6 is 0 Å². The van der Waals surface area contributed by atoms with Gasteiger partial charge in [0.15, 0.2) is 5.82 Å². The third-order valence-corrected chi connectivity index (χ3v) is 14.0. The molecule has 3 N–H and O–H groups in total. The first-order valence-corrected chi connectivity index (χ1v) is 22.4. The number of allylic oxidation sites excluding steroid dienone is 1. The van der Waals surface area contributed by atoms with E-state index in [2.05, 4.69) is 15.4 Å². The smallest absolute Gasteiger partial charge is 0.408 e. The van der Waals surface area contributed by atoms with Crippen molar-refractivity contribution in [3.8, 4) is 17.3 Å². The minimum absolute atomic E-state index is 0.00177. The van der Waals surface area contributed by atoms with Gasteiger partial charge in [-0.2, -0.15) is 4.98 Å². The van der Waals surface area contributed by atoms with Crippen LogP contribution in [0.25, 0.3) is 33.5 Å². The number of rotatable bonds is 8. The van der Waals surface area contributed by atoms with Gasteiger partial charge in [0.2, 0.25) is 27.4 Å². The van der Waals surface area contributed by atoms with Crippen molar-refractivity contribution in [1.82, 2.24) is 30.2 Å². The highest BCUT2D eigenvalue weighted by atomic mass is 32.2. The van der Waals surface area contributed by atoms with Crippen LogP contribution in [-0.2, 0) is 29.1 Å². The van der Waals surface area contributed by atoms with Gasteiger partial charge in [-0.3, -0.25) is 19.1 Å². The quantitative estimate of drug-likeness (QED) is 0.192. The maximum atomic E-state index is 14.7. The molecule has 0 radical (unpaired) electrons. The maximum absolute atomic E-state index is 14.7. The highest BCUT2D eigenvalue weighted by molar-refractivity contribution is 7.91. The zero-order valence-corrected chi connectivity index (χ0v) is 33.5. The van der Waals surface area contributed by atoms with E-state index < -0.39 is 68.7 Å². The molecule has 4 heterocycles. The van der Waals surface area contributed by atoms with Gasteiger partial charge in [0.05, 0.1) is 11.8 Å². The Kier molecular flexibility index (Phi) is 10.5. The summed E-state index contributed by atoms with van der Waals surface area (Å²) in [6.07, 6.45) is 9.92. The SMILES string of the molecule is O=C(N[C@H]1CCCCC/C=C\[C@@H]2C[C@@]2(C(=O)NS(=O)(=O)C2CC2)NC(=O)[C@@H]2C[C@@H](Oc3nc(-c4ccccc4)nc4c3oc3ccccc34)CN2C1=O)OC1CCCC1. The Morgan fingerprint density at radius 3 is 2.46 bits per heavy atom. The number of carbonyl (C=O) groups is 4. The lowest BCUT2D eigenvalue weighted by Gasteiger charge is -2.30. The largest absolute Gasteiger partial charge is 0.470 e. The molecule has 16 heteroatoms. The fourth-order valence-corrected chi connectivity index (χ4v) is 10.1. The van der Waals surface area contributed by atoms with Gasteiger partial charge >= 0.3 is 6.09 Å². The fraction of sp³-hybridized carbons (Fsp3) is 0.488. The van der Waals surface area contributed by atoms with Gasteiger partial charge < -0.3 is 29.4 Å². The Bertz CT molecular complexity index is 2410. The number of amides is 4. The van der Waals surface area contributed by atoms with Crippen LogP contribution in [0.15, 0.2) is 71.2 Å². The molecule has 3 saturated carbocycles. The minimum atomic E-state index is -3.91. The number of furan rings is 1. The van der Waals surface area contributed by atoms with Crippen molar-refractivity contribution in [2.45, 2.75) is 119 Å². The second kappa shape index (κ2) is 15.9. The summed E-state index contributed by atoms with van der Waals surface area (Å²) >= 11 is 0. The monoisotopic (exact) mass is 824 g/mol. The van der Waals surface area contributed by atoms with Crippen LogP contribution in [-0.4, -0.2) is 88.7 Å². The Hall–Kier alpha value is -5.51. The van der Waals surface area contributed by atoms with E-state index in [4.69, 9.17) is 23.9 Å². The van der Waals surface area contributed by atoms with Crippen LogP contribution in [0.5, 0.6) is 5.88 Å². The lowest BCUT2D eigenvalue weighted by molar-refractivity contribution is -0.141. The number of fused-ring (bicyclic) bond motifs is 5. The summed E-state index contributed by atoms with van der Waals surface area (Å²) in [5.41, 5.74) is 0.652. The van der Waals surface area contributed by atoms with Gasteiger partial charge in [0.1, 0.15) is 40.9 Å². The Balaban J connectivity index is 1.05. The second-order valence-electron chi connectivity index (χ2n) is 16.5. The number of hydrogen-bond donors (Lipinski definition) is 3. The van der Waals surface area contributed by atoms with Gasteiger partial charge in [-0.25, -0.2) is 18.2 Å². The molecule has 5 aliphatic rings. The standard InChI is InChI=1S/C43H48N6O9S/c50-38-33-23-29(56-39-36-35(31-18-11-12-20-34(31)58-36)45-37(46-39)26-13-5-4-6-14-26)25-49(33)40(51)32(44-42(53)57-28-16-9-10-17-28)19-8-3-1-2-7-15-27-24-43(27,47-38)41(52)48-59(54,55)30-21-22-30/h4-7,11-15,18,20,27-30,32-33H,1-3,8-10,16-17,19,21-25H2,(H,44,53)(H,47,50)(H,48,52)/b15-7-/t27-,29-,32+,33+,43-/m1/s1. The van der Waals surface area contributed by atoms with Crippen LogP contribution < -0.4 is 20.1 Å². The number of nitrogens with zero attached hydrogens (tertiary/aromatic N) is 3. The number of ether oxygens (including phenoxy) is 2. The molecule has 4 aromatic rings.